The van der Waals surface area contributed by atoms with Crippen LogP contribution in [-0.4, -0.2) is 6.21 Å². The number of nitrogens with two attached hydrogens (primary N) is 1. The van der Waals surface area contributed by atoms with Gasteiger partial charge in [0, 0.05) is 11.9 Å². The molecule has 0 aromatic heterocycles. The van der Waals surface area contributed by atoms with Crippen LogP contribution in [0, 0.1) is 5.41 Å². The fourth-order valence-electron chi connectivity index (χ4n) is 0.733. The minimum atomic E-state index is 0.0618. The highest BCUT2D eigenvalue weighted by Crippen LogP contribution is 2.22. The van der Waals surface area contributed by atoms with Crippen molar-refractivity contribution < 1.29 is 0 Å². The SMILES string of the molecule is C\C=C(C)/N=C\C(=C/N)C(C)(C)C. The average Bonchev–Trinajstić information content (AvgIpc) is 2.02. The minimum Gasteiger partial charge on any atom is -0.404 e. The molecule has 0 rings (SSSR count). The Hall–Kier alpha value is -1.05. The first-order chi connectivity index (χ1) is 5.91. The van der Waals surface area contributed by atoms with Crippen molar-refractivity contribution in [1.82, 2.24) is 0 Å². The number of allylic oxidation sites excluding steroid dienone is 3. The largest absolute Gasteiger partial charge is 0.404 e. The average molecular weight is 180 g/mol. The van der Waals surface area contributed by atoms with Crippen molar-refractivity contribution in [2.75, 3.05) is 0 Å². The molecule has 2 heteroatoms. The van der Waals surface area contributed by atoms with Crippen molar-refractivity contribution in [3.05, 3.63) is 23.5 Å². The maximum Gasteiger partial charge on any atom is 0.0330 e. The molecular weight excluding hydrogens is 160 g/mol. The molecule has 0 aromatic carbocycles. The van der Waals surface area contributed by atoms with Crippen LogP contribution in [0.25, 0.3) is 0 Å². The lowest BCUT2D eigenvalue weighted by molar-refractivity contribution is 0.525. The van der Waals surface area contributed by atoms with E-state index in [1.54, 1.807) is 6.20 Å². The van der Waals surface area contributed by atoms with Gasteiger partial charge in [-0.25, -0.2) is 0 Å². The topological polar surface area (TPSA) is 38.4 Å². The second kappa shape index (κ2) is 4.85. The summed E-state index contributed by atoms with van der Waals surface area (Å²) in [7, 11) is 0. The number of hydrogen-bond donors (Lipinski definition) is 1. The van der Waals surface area contributed by atoms with Crippen molar-refractivity contribution in [3.8, 4) is 0 Å². The first-order valence-electron chi connectivity index (χ1n) is 4.51. The van der Waals surface area contributed by atoms with Gasteiger partial charge in [-0.3, -0.25) is 4.99 Å². The third-order valence-electron chi connectivity index (χ3n) is 1.87. The lowest BCUT2D eigenvalue weighted by atomic mass is 9.88. The van der Waals surface area contributed by atoms with Gasteiger partial charge in [-0.2, -0.15) is 0 Å². The van der Waals surface area contributed by atoms with E-state index in [0.717, 1.165) is 11.3 Å². The van der Waals surface area contributed by atoms with E-state index >= 15 is 0 Å². The molecule has 0 aromatic rings. The Balaban J connectivity index is 4.60. The molecule has 2 N–H and O–H groups in total. The summed E-state index contributed by atoms with van der Waals surface area (Å²) in [5.74, 6) is 0. The Morgan fingerprint density at radius 3 is 2.15 bits per heavy atom. The third-order valence-corrected chi connectivity index (χ3v) is 1.87. The van der Waals surface area contributed by atoms with E-state index in [4.69, 9.17) is 5.73 Å². The van der Waals surface area contributed by atoms with Gasteiger partial charge in [-0.05, 0) is 31.0 Å². The number of nitrogens with zero attached hydrogens (tertiary/aromatic N) is 1. The lowest BCUT2D eigenvalue weighted by Crippen LogP contribution is -2.12. The molecule has 0 spiro atoms. The molecule has 0 amide bonds. The molecule has 0 bridgehead atoms. The van der Waals surface area contributed by atoms with Crippen LogP contribution in [-0.2, 0) is 0 Å². The summed E-state index contributed by atoms with van der Waals surface area (Å²) in [5.41, 5.74) is 7.63. The predicted octanol–water partition coefficient (Wildman–Crippen LogP) is 2.87. The van der Waals surface area contributed by atoms with Gasteiger partial charge in [-0.15, -0.1) is 0 Å². The van der Waals surface area contributed by atoms with Gasteiger partial charge in [0.25, 0.3) is 0 Å². The molecule has 0 saturated carbocycles. The molecule has 0 aliphatic carbocycles. The highest BCUT2D eigenvalue weighted by molar-refractivity contribution is 5.80. The van der Waals surface area contributed by atoms with Crippen LogP contribution in [0.5, 0.6) is 0 Å². The van der Waals surface area contributed by atoms with Gasteiger partial charge < -0.3 is 5.73 Å². The van der Waals surface area contributed by atoms with Crippen LogP contribution >= 0.6 is 0 Å². The second-order valence-corrected chi connectivity index (χ2v) is 4.06. The van der Waals surface area contributed by atoms with Crippen molar-refractivity contribution in [1.29, 1.82) is 0 Å². The summed E-state index contributed by atoms with van der Waals surface area (Å²) in [6, 6.07) is 0. The number of rotatable bonds is 2. The second-order valence-electron chi connectivity index (χ2n) is 4.06. The number of aliphatic imine (C=N–C) groups is 1. The zero-order valence-corrected chi connectivity index (χ0v) is 9.26. The molecule has 2 nitrogen and oxygen atoms in total. The normalized spacial score (nSPS) is 15.5. The summed E-state index contributed by atoms with van der Waals surface area (Å²) in [5, 5.41) is 0. The predicted molar refractivity (Wildman–Crippen MR) is 59.6 cm³/mol. The molecule has 13 heavy (non-hydrogen) atoms. The van der Waals surface area contributed by atoms with E-state index < -0.39 is 0 Å². The quantitative estimate of drug-likeness (QED) is 0.652. The van der Waals surface area contributed by atoms with E-state index in [0.29, 0.717) is 0 Å². The standard InChI is InChI=1S/C11H20N2/c1-6-9(2)13-8-10(7-12)11(3,4)5/h6-8H,12H2,1-5H3/b9-6-,10-7+,13-8-. The van der Waals surface area contributed by atoms with Gasteiger partial charge in [0.2, 0.25) is 0 Å². The molecule has 0 aliphatic heterocycles. The molecule has 0 aliphatic rings. The van der Waals surface area contributed by atoms with E-state index in [2.05, 4.69) is 25.8 Å². The van der Waals surface area contributed by atoms with Gasteiger partial charge in [0.1, 0.15) is 0 Å². The van der Waals surface area contributed by atoms with Crippen LogP contribution in [0.1, 0.15) is 34.6 Å². The molecule has 0 heterocycles. The van der Waals surface area contributed by atoms with Crippen LogP contribution in [0.2, 0.25) is 0 Å². The molecule has 74 valence electrons. The van der Waals surface area contributed by atoms with E-state index in [-0.39, 0.29) is 5.41 Å². The minimum absolute atomic E-state index is 0.0618. The van der Waals surface area contributed by atoms with E-state index in [9.17, 15) is 0 Å². The Morgan fingerprint density at radius 1 is 1.31 bits per heavy atom. The third kappa shape index (κ3) is 4.51. The summed E-state index contributed by atoms with van der Waals surface area (Å²) >= 11 is 0. The highest BCUT2D eigenvalue weighted by atomic mass is 14.7. The van der Waals surface area contributed by atoms with Gasteiger partial charge in [0.05, 0.1) is 0 Å². The summed E-state index contributed by atoms with van der Waals surface area (Å²) in [4.78, 5) is 4.27. The van der Waals surface area contributed by atoms with E-state index in [1.165, 1.54) is 0 Å². The Morgan fingerprint density at radius 2 is 1.85 bits per heavy atom. The monoisotopic (exact) mass is 180 g/mol. The Bertz CT molecular complexity index is 239. The molecule has 0 fully saturated rings. The maximum absolute atomic E-state index is 5.51. The van der Waals surface area contributed by atoms with Crippen molar-refractivity contribution in [2.45, 2.75) is 34.6 Å². The van der Waals surface area contributed by atoms with Gasteiger partial charge in [0.15, 0.2) is 0 Å². The summed E-state index contributed by atoms with van der Waals surface area (Å²) in [6.45, 7) is 10.3. The maximum atomic E-state index is 5.51. The van der Waals surface area contributed by atoms with Crippen molar-refractivity contribution in [2.24, 2.45) is 16.1 Å². The van der Waals surface area contributed by atoms with Crippen molar-refractivity contribution >= 4 is 6.21 Å². The number of hydrogen-bond acceptors (Lipinski definition) is 2. The first-order valence-corrected chi connectivity index (χ1v) is 4.51. The van der Waals surface area contributed by atoms with Crippen LogP contribution in [0.15, 0.2) is 28.5 Å². The fraction of sp³-hybridized carbons (Fsp3) is 0.545. The van der Waals surface area contributed by atoms with E-state index in [1.807, 2.05) is 26.1 Å². The van der Waals surface area contributed by atoms with Crippen molar-refractivity contribution in [3.63, 3.8) is 0 Å². The summed E-state index contributed by atoms with van der Waals surface area (Å²) in [6.07, 6.45) is 5.41. The molecular formula is C11H20N2. The van der Waals surface area contributed by atoms with Gasteiger partial charge in [-0.1, -0.05) is 26.8 Å². The van der Waals surface area contributed by atoms with Gasteiger partial charge >= 0.3 is 0 Å². The van der Waals surface area contributed by atoms with Crippen LogP contribution < -0.4 is 5.73 Å². The molecule has 0 atom stereocenters. The molecule has 0 saturated heterocycles. The molecule has 0 unspecified atom stereocenters. The zero-order chi connectivity index (χ0) is 10.5. The zero-order valence-electron chi connectivity index (χ0n) is 9.26. The Labute approximate surface area is 81.2 Å². The smallest absolute Gasteiger partial charge is 0.0330 e. The van der Waals surface area contributed by atoms with Crippen LogP contribution in [0.4, 0.5) is 0 Å². The summed E-state index contributed by atoms with van der Waals surface area (Å²) < 4.78 is 0. The Kier molecular flexibility index (Phi) is 4.46. The fourth-order valence-corrected chi connectivity index (χ4v) is 0.733. The van der Waals surface area contributed by atoms with Crippen LogP contribution in [0.3, 0.4) is 0 Å². The lowest BCUT2D eigenvalue weighted by Gasteiger charge is -2.18. The first kappa shape index (κ1) is 11.9. The highest BCUT2D eigenvalue weighted by Gasteiger charge is 2.14. The molecule has 0 radical (unpaired) electrons.